The fourth-order valence-electron chi connectivity index (χ4n) is 3.06. The van der Waals surface area contributed by atoms with E-state index >= 15 is 0 Å². The molecular formula is C24H25ClN2O5S. The average Bonchev–Trinajstić information content (AvgIpc) is 2.81. The monoisotopic (exact) mass is 488 g/mol. The van der Waals surface area contributed by atoms with E-state index in [-0.39, 0.29) is 15.5 Å². The van der Waals surface area contributed by atoms with Gasteiger partial charge in [-0.15, -0.1) is 0 Å². The Balaban J connectivity index is 1.67. The first kappa shape index (κ1) is 24.4. The molecule has 0 saturated carbocycles. The van der Waals surface area contributed by atoms with Crippen LogP contribution in [0.2, 0.25) is 5.02 Å². The number of carbonyl (C=O) groups is 1. The third-order valence-electron chi connectivity index (χ3n) is 4.76. The minimum atomic E-state index is -4.01. The van der Waals surface area contributed by atoms with Crippen LogP contribution in [-0.2, 0) is 16.4 Å². The first-order chi connectivity index (χ1) is 15.8. The van der Waals surface area contributed by atoms with Crippen molar-refractivity contribution in [2.45, 2.75) is 18.2 Å². The molecule has 3 aromatic carbocycles. The van der Waals surface area contributed by atoms with Gasteiger partial charge in [-0.1, -0.05) is 23.7 Å². The summed E-state index contributed by atoms with van der Waals surface area (Å²) in [7, 11) is -2.41. The van der Waals surface area contributed by atoms with Crippen LogP contribution in [0.3, 0.4) is 0 Å². The number of anilines is 1. The second-order valence-electron chi connectivity index (χ2n) is 7.06. The standard InChI is InChI=1S/C24H25ClN2O5S/c1-3-32-21-11-7-19(8-12-21)27-33(29,30)23-16-18(6-13-22(23)25)24(28)26-15-14-17-4-9-20(31-2)10-5-17/h4-13,16,27H,3,14-15H2,1-2H3,(H,26,28). The van der Waals surface area contributed by atoms with E-state index in [1.807, 2.05) is 31.2 Å². The van der Waals surface area contributed by atoms with Crippen LogP contribution in [0.5, 0.6) is 11.5 Å². The molecule has 0 saturated heterocycles. The lowest BCUT2D eigenvalue weighted by Crippen LogP contribution is -2.26. The third kappa shape index (κ3) is 6.63. The maximum Gasteiger partial charge on any atom is 0.263 e. The predicted octanol–water partition coefficient (Wildman–Crippen LogP) is 4.52. The van der Waals surface area contributed by atoms with Crippen LogP contribution in [0.1, 0.15) is 22.8 Å². The zero-order valence-electron chi connectivity index (χ0n) is 18.3. The first-order valence-corrected chi connectivity index (χ1v) is 12.1. The SMILES string of the molecule is CCOc1ccc(NS(=O)(=O)c2cc(C(=O)NCCc3ccc(OC)cc3)ccc2Cl)cc1. The smallest absolute Gasteiger partial charge is 0.263 e. The molecule has 0 bridgehead atoms. The van der Waals surface area contributed by atoms with Crippen molar-refractivity contribution >= 4 is 33.2 Å². The van der Waals surface area contributed by atoms with Crippen LogP contribution in [-0.4, -0.2) is 34.6 Å². The minimum absolute atomic E-state index is 0.0169. The maximum atomic E-state index is 12.9. The topological polar surface area (TPSA) is 93.7 Å². The Morgan fingerprint density at radius 2 is 1.64 bits per heavy atom. The summed E-state index contributed by atoms with van der Waals surface area (Å²) in [5.74, 6) is 1.00. The Hall–Kier alpha value is -3.23. The molecule has 0 spiro atoms. The molecule has 0 fully saturated rings. The summed E-state index contributed by atoms with van der Waals surface area (Å²) in [5.41, 5.74) is 1.58. The number of carbonyl (C=O) groups excluding carboxylic acids is 1. The molecule has 7 nitrogen and oxygen atoms in total. The molecule has 0 aliphatic rings. The van der Waals surface area contributed by atoms with Gasteiger partial charge in [0, 0.05) is 17.8 Å². The summed E-state index contributed by atoms with van der Waals surface area (Å²) in [6, 6.07) is 18.2. The van der Waals surface area contributed by atoms with Gasteiger partial charge < -0.3 is 14.8 Å². The molecule has 3 aromatic rings. The van der Waals surface area contributed by atoms with Crippen molar-refractivity contribution in [3.8, 4) is 11.5 Å². The van der Waals surface area contributed by atoms with Gasteiger partial charge in [0.2, 0.25) is 0 Å². The molecule has 0 heterocycles. The van der Waals surface area contributed by atoms with E-state index in [1.54, 1.807) is 31.4 Å². The van der Waals surface area contributed by atoms with Gasteiger partial charge in [-0.25, -0.2) is 8.42 Å². The van der Waals surface area contributed by atoms with Crippen LogP contribution in [0, 0.1) is 0 Å². The number of benzene rings is 3. The molecule has 33 heavy (non-hydrogen) atoms. The maximum absolute atomic E-state index is 12.9. The quantitative estimate of drug-likeness (QED) is 0.437. The lowest BCUT2D eigenvalue weighted by Gasteiger charge is -2.12. The number of hydrogen-bond acceptors (Lipinski definition) is 5. The average molecular weight is 489 g/mol. The molecule has 3 rings (SSSR count). The van der Waals surface area contributed by atoms with Crippen molar-refractivity contribution in [1.29, 1.82) is 0 Å². The van der Waals surface area contributed by atoms with Crippen molar-refractivity contribution in [3.63, 3.8) is 0 Å². The Labute approximate surface area is 198 Å². The highest BCUT2D eigenvalue weighted by atomic mass is 35.5. The summed E-state index contributed by atoms with van der Waals surface area (Å²) in [6.45, 7) is 2.76. The van der Waals surface area contributed by atoms with E-state index in [0.717, 1.165) is 11.3 Å². The number of amides is 1. The number of halogens is 1. The Bertz CT molecular complexity index is 1200. The number of methoxy groups -OCH3 is 1. The summed E-state index contributed by atoms with van der Waals surface area (Å²) in [6.07, 6.45) is 0.619. The number of ether oxygens (including phenoxy) is 2. The molecule has 9 heteroatoms. The summed E-state index contributed by atoms with van der Waals surface area (Å²) in [5, 5.41) is 2.82. The molecule has 0 aliphatic heterocycles. The third-order valence-corrected chi connectivity index (χ3v) is 6.62. The van der Waals surface area contributed by atoms with Gasteiger partial charge in [-0.2, -0.15) is 0 Å². The number of hydrogen-bond donors (Lipinski definition) is 2. The molecule has 2 N–H and O–H groups in total. The second-order valence-corrected chi connectivity index (χ2v) is 9.12. The molecule has 0 unspecified atom stereocenters. The van der Waals surface area contributed by atoms with Crippen LogP contribution in [0.15, 0.2) is 71.6 Å². The van der Waals surface area contributed by atoms with Crippen LogP contribution >= 0.6 is 11.6 Å². The molecule has 0 atom stereocenters. The Morgan fingerprint density at radius 3 is 2.27 bits per heavy atom. The fraction of sp³-hybridized carbons (Fsp3) is 0.208. The van der Waals surface area contributed by atoms with E-state index in [4.69, 9.17) is 21.1 Å². The zero-order valence-corrected chi connectivity index (χ0v) is 19.9. The summed E-state index contributed by atoms with van der Waals surface area (Å²) in [4.78, 5) is 12.4. The molecule has 1 amide bonds. The van der Waals surface area contributed by atoms with E-state index in [0.29, 0.717) is 31.0 Å². The normalized spacial score (nSPS) is 11.0. The minimum Gasteiger partial charge on any atom is -0.497 e. The van der Waals surface area contributed by atoms with Crippen LogP contribution in [0.25, 0.3) is 0 Å². The van der Waals surface area contributed by atoms with Crippen molar-refractivity contribution in [2.24, 2.45) is 0 Å². The van der Waals surface area contributed by atoms with Crippen LogP contribution in [0.4, 0.5) is 5.69 Å². The summed E-state index contributed by atoms with van der Waals surface area (Å²) < 4.78 is 38.7. The lowest BCUT2D eigenvalue weighted by molar-refractivity contribution is 0.0954. The van der Waals surface area contributed by atoms with Crippen molar-refractivity contribution in [3.05, 3.63) is 82.9 Å². The van der Waals surface area contributed by atoms with Gasteiger partial charge >= 0.3 is 0 Å². The van der Waals surface area contributed by atoms with Gasteiger partial charge in [-0.3, -0.25) is 9.52 Å². The van der Waals surface area contributed by atoms with Gasteiger partial charge in [0.05, 0.1) is 18.7 Å². The Kier molecular flexibility index (Phi) is 8.19. The number of nitrogens with one attached hydrogen (secondary N) is 2. The summed E-state index contributed by atoms with van der Waals surface area (Å²) >= 11 is 6.15. The van der Waals surface area contributed by atoms with E-state index < -0.39 is 15.9 Å². The fourth-order valence-corrected chi connectivity index (χ4v) is 4.65. The van der Waals surface area contributed by atoms with Crippen LogP contribution < -0.4 is 19.5 Å². The number of rotatable bonds is 10. The van der Waals surface area contributed by atoms with Crippen molar-refractivity contribution < 1.29 is 22.7 Å². The Morgan fingerprint density at radius 1 is 0.970 bits per heavy atom. The highest BCUT2D eigenvalue weighted by molar-refractivity contribution is 7.92. The molecular weight excluding hydrogens is 464 g/mol. The molecule has 0 aromatic heterocycles. The lowest BCUT2D eigenvalue weighted by atomic mass is 10.1. The second kappa shape index (κ2) is 11.1. The largest absolute Gasteiger partial charge is 0.497 e. The van der Waals surface area contributed by atoms with Crippen molar-refractivity contribution in [2.75, 3.05) is 25.0 Å². The van der Waals surface area contributed by atoms with Gasteiger partial charge in [0.25, 0.3) is 15.9 Å². The zero-order chi connectivity index (χ0) is 23.8. The molecule has 174 valence electrons. The first-order valence-electron chi connectivity index (χ1n) is 10.3. The van der Waals surface area contributed by atoms with E-state index in [1.165, 1.54) is 18.2 Å². The van der Waals surface area contributed by atoms with E-state index in [9.17, 15) is 13.2 Å². The van der Waals surface area contributed by atoms with Gasteiger partial charge in [-0.05, 0) is 73.5 Å². The number of sulfonamides is 1. The highest BCUT2D eigenvalue weighted by Crippen LogP contribution is 2.26. The van der Waals surface area contributed by atoms with Crippen molar-refractivity contribution in [1.82, 2.24) is 5.32 Å². The molecule has 0 aliphatic carbocycles. The van der Waals surface area contributed by atoms with Gasteiger partial charge in [0.1, 0.15) is 16.4 Å². The van der Waals surface area contributed by atoms with E-state index in [2.05, 4.69) is 10.0 Å². The highest BCUT2D eigenvalue weighted by Gasteiger charge is 2.20. The van der Waals surface area contributed by atoms with Gasteiger partial charge in [0.15, 0.2) is 0 Å². The molecule has 0 radical (unpaired) electrons. The predicted molar refractivity (Wildman–Crippen MR) is 129 cm³/mol.